The number of para-hydroxylation sites is 1. The Kier molecular flexibility index (Phi) is 4.13. The Morgan fingerprint density at radius 1 is 1.32 bits per heavy atom. The fraction of sp³-hybridized carbons (Fsp3) is 0.188. The van der Waals surface area contributed by atoms with Gasteiger partial charge in [-0.1, -0.05) is 49.1 Å². The summed E-state index contributed by atoms with van der Waals surface area (Å²) in [4.78, 5) is 26.4. The largest absolute Gasteiger partial charge is 0.422 e. The van der Waals surface area contributed by atoms with Gasteiger partial charge in [-0.2, -0.15) is 0 Å². The lowest BCUT2D eigenvalue weighted by Gasteiger charge is -2.11. The Balaban J connectivity index is 2.02. The van der Waals surface area contributed by atoms with Gasteiger partial charge >= 0.3 is 5.63 Å². The summed E-state index contributed by atoms with van der Waals surface area (Å²) in [5.74, 6) is -0.149. The normalized spacial score (nSPS) is 17.0. The van der Waals surface area contributed by atoms with Crippen LogP contribution in [0.1, 0.15) is 18.9 Å². The van der Waals surface area contributed by atoms with Crippen molar-refractivity contribution in [2.75, 3.05) is 6.54 Å². The highest BCUT2D eigenvalue weighted by Gasteiger charge is 2.31. The second-order valence-corrected chi connectivity index (χ2v) is 6.54. The quantitative estimate of drug-likeness (QED) is 0.490. The van der Waals surface area contributed by atoms with E-state index in [0.29, 0.717) is 26.9 Å². The SMILES string of the molecule is CCCN1C(=O)/C(=C/c2cc3ccccc3oc2=O)SC1=S. The number of thioether (sulfide) groups is 1. The van der Waals surface area contributed by atoms with E-state index in [4.69, 9.17) is 16.6 Å². The van der Waals surface area contributed by atoms with Crippen molar-refractivity contribution in [3.8, 4) is 0 Å². The van der Waals surface area contributed by atoms with Crippen LogP contribution in [0.15, 0.2) is 44.4 Å². The zero-order valence-electron chi connectivity index (χ0n) is 11.9. The van der Waals surface area contributed by atoms with Crippen LogP contribution in [-0.4, -0.2) is 21.7 Å². The van der Waals surface area contributed by atoms with Crippen LogP contribution < -0.4 is 5.63 Å². The highest BCUT2D eigenvalue weighted by molar-refractivity contribution is 8.26. The number of fused-ring (bicyclic) bond motifs is 1. The molecule has 0 N–H and O–H groups in total. The summed E-state index contributed by atoms with van der Waals surface area (Å²) in [5, 5.41) is 0.817. The van der Waals surface area contributed by atoms with E-state index < -0.39 is 5.63 Å². The predicted octanol–water partition coefficient (Wildman–Crippen LogP) is 3.40. The molecule has 1 aromatic heterocycles. The van der Waals surface area contributed by atoms with Gasteiger partial charge in [0.1, 0.15) is 9.90 Å². The minimum Gasteiger partial charge on any atom is -0.422 e. The molecule has 0 radical (unpaired) electrons. The van der Waals surface area contributed by atoms with Crippen molar-refractivity contribution in [2.45, 2.75) is 13.3 Å². The number of hydrogen-bond acceptors (Lipinski definition) is 5. The smallest absolute Gasteiger partial charge is 0.343 e. The summed E-state index contributed by atoms with van der Waals surface area (Å²) in [6.45, 7) is 2.58. The molecule has 2 aromatic rings. The highest BCUT2D eigenvalue weighted by atomic mass is 32.2. The van der Waals surface area contributed by atoms with E-state index in [9.17, 15) is 9.59 Å². The van der Waals surface area contributed by atoms with Crippen molar-refractivity contribution < 1.29 is 9.21 Å². The third-order valence-corrected chi connectivity index (χ3v) is 4.65. The van der Waals surface area contributed by atoms with Crippen molar-refractivity contribution in [3.63, 3.8) is 0 Å². The third kappa shape index (κ3) is 2.71. The molecule has 0 aliphatic carbocycles. The molecule has 1 amide bonds. The summed E-state index contributed by atoms with van der Waals surface area (Å²) in [7, 11) is 0. The molecule has 4 nitrogen and oxygen atoms in total. The lowest BCUT2D eigenvalue weighted by atomic mass is 10.2. The van der Waals surface area contributed by atoms with Gasteiger partial charge in [0.15, 0.2) is 0 Å². The molecule has 1 aliphatic heterocycles. The average Bonchev–Trinajstić information content (AvgIpc) is 2.76. The van der Waals surface area contributed by atoms with Crippen molar-refractivity contribution in [3.05, 3.63) is 51.2 Å². The van der Waals surface area contributed by atoms with Gasteiger partial charge in [-0.3, -0.25) is 9.69 Å². The van der Waals surface area contributed by atoms with Gasteiger partial charge in [0.05, 0.1) is 10.5 Å². The maximum atomic E-state index is 12.3. The lowest BCUT2D eigenvalue weighted by Crippen LogP contribution is -2.28. The van der Waals surface area contributed by atoms with E-state index in [1.54, 1.807) is 29.2 Å². The minimum absolute atomic E-state index is 0.149. The van der Waals surface area contributed by atoms with Gasteiger partial charge in [0, 0.05) is 11.9 Å². The first-order valence-electron chi connectivity index (χ1n) is 6.88. The molecule has 0 atom stereocenters. The molecule has 0 saturated carbocycles. The summed E-state index contributed by atoms with van der Waals surface area (Å²) in [5.41, 5.74) is 0.429. The predicted molar refractivity (Wildman–Crippen MR) is 92.7 cm³/mol. The van der Waals surface area contributed by atoms with Crippen LogP contribution in [0, 0.1) is 0 Å². The molecule has 1 aliphatic rings. The summed E-state index contributed by atoms with van der Waals surface area (Å²) in [6.07, 6.45) is 2.39. The van der Waals surface area contributed by atoms with Crippen LogP contribution in [0.2, 0.25) is 0 Å². The number of thiocarbonyl (C=S) groups is 1. The molecule has 1 saturated heterocycles. The van der Waals surface area contributed by atoms with Crippen molar-refractivity contribution in [2.24, 2.45) is 0 Å². The molecular weight excluding hydrogens is 318 g/mol. The first-order chi connectivity index (χ1) is 10.6. The maximum Gasteiger partial charge on any atom is 0.343 e. The Bertz CT molecular complexity index is 854. The van der Waals surface area contributed by atoms with Gasteiger partial charge in [0.25, 0.3) is 5.91 Å². The van der Waals surface area contributed by atoms with Crippen molar-refractivity contribution in [1.29, 1.82) is 0 Å². The van der Waals surface area contributed by atoms with E-state index in [0.717, 1.165) is 11.8 Å². The molecule has 1 fully saturated rings. The van der Waals surface area contributed by atoms with E-state index in [1.165, 1.54) is 11.8 Å². The second-order valence-electron chi connectivity index (χ2n) is 4.86. The zero-order valence-corrected chi connectivity index (χ0v) is 13.5. The van der Waals surface area contributed by atoms with Crippen LogP contribution in [0.25, 0.3) is 17.0 Å². The van der Waals surface area contributed by atoms with Gasteiger partial charge in [0.2, 0.25) is 0 Å². The van der Waals surface area contributed by atoms with E-state index in [1.807, 2.05) is 19.1 Å². The first kappa shape index (κ1) is 15.0. The standard InChI is InChI=1S/C16H13NO3S2/c1-2-7-17-14(18)13(22-16(17)21)9-11-8-10-5-3-4-6-12(10)20-15(11)19/h3-6,8-9H,2,7H2,1H3/b13-9-. The Labute approximate surface area is 136 Å². The number of amides is 1. The number of carbonyl (C=O) groups excluding carboxylic acids is 1. The molecule has 6 heteroatoms. The molecule has 0 unspecified atom stereocenters. The van der Waals surface area contributed by atoms with Crippen LogP contribution in [-0.2, 0) is 4.79 Å². The molecule has 3 rings (SSSR count). The number of rotatable bonds is 3. The van der Waals surface area contributed by atoms with Gasteiger partial charge in [-0.05, 0) is 24.6 Å². The molecule has 112 valence electrons. The maximum absolute atomic E-state index is 12.3. The fourth-order valence-electron chi connectivity index (χ4n) is 2.24. The topological polar surface area (TPSA) is 50.5 Å². The molecule has 22 heavy (non-hydrogen) atoms. The third-order valence-electron chi connectivity index (χ3n) is 3.28. The number of benzene rings is 1. The monoisotopic (exact) mass is 331 g/mol. The van der Waals surface area contributed by atoms with Crippen molar-refractivity contribution in [1.82, 2.24) is 4.90 Å². The summed E-state index contributed by atoms with van der Waals surface area (Å²) < 4.78 is 5.80. The van der Waals surface area contributed by atoms with E-state index in [2.05, 4.69) is 0 Å². The Morgan fingerprint density at radius 2 is 2.09 bits per heavy atom. The van der Waals surface area contributed by atoms with E-state index in [-0.39, 0.29) is 5.91 Å². The fourth-order valence-corrected chi connectivity index (χ4v) is 3.54. The zero-order chi connectivity index (χ0) is 15.7. The molecule has 0 bridgehead atoms. The van der Waals surface area contributed by atoms with Gasteiger partial charge in [-0.15, -0.1) is 0 Å². The Hall–Kier alpha value is -1.92. The highest BCUT2D eigenvalue weighted by Crippen LogP contribution is 2.32. The van der Waals surface area contributed by atoms with Gasteiger partial charge in [-0.25, -0.2) is 4.79 Å². The molecule has 2 heterocycles. The molecule has 0 spiro atoms. The number of hydrogen-bond donors (Lipinski definition) is 0. The summed E-state index contributed by atoms with van der Waals surface area (Å²) in [6, 6.07) is 9.00. The molecule has 1 aromatic carbocycles. The van der Waals surface area contributed by atoms with Crippen LogP contribution in [0.4, 0.5) is 0 Å². The Morgan fingerprint density at radius 3 is 2.86 bits per heavy atom. The minimum atomic E-state index is -0.459. The second kappa shape index (κ2) is 6.06. The average molecular weight is 331 g/mol. The number of nitrogens with zero attached hydrogens (tertiary/aromatic N) is 1. The summed E-state index contributed by atoms with van der Waals surface area (Å²) >= 11 is 6.43. The van der Waals surface area contributed by atoms with Crippen molar-refractivity contribution >= 4 is 51.3 Å². The van der Waals surface area contributed by atoms with Gasteiger partial charge < -0.3 is 4.42 Å². The van der Waals surface area contributed by atoms with Crippen LogP contribution in [0.3, 0.4) is 0 Å². The molecular formula is C16H13NO3S2. The van der Waals surface area contributed by atoms with E-state index >= 15 is 0 Å². The lowest BCUT2D eigenvalue weighted by molar-refractivity contribution is -0.122. The number of carbonyl (C=O) groups is 1. The first-order valence-corrected chi connectivity index (χ1v) is 8.11. The van der Waals surface area contributed by atoms with Crippen LogP contribution in [0.5, 0.6) is 0 Å². The van der Waals surface area contributed by atoms with Crippen LogP contribution >= 0.6 is 24.0 Å².